The normalized spacial score (nSPS) is 10.2. The molecule has 0 fully saturated rings. The van der Waals surface area contributed by atoms with E-state index in [-0.39, 0.29) is 6.42 Å². The third-order valence-corrected chi connectivity index (χ3v) is 1.94. The number of nitrogens with one attached hydrogen (secondary N) is 1. The van der Waals surface area contributed by atoms with Crippen LogP contribution in [0.4, 0.5) is 0 Å². The molecule has 1 N–H and O–H groups in total. The van der Waals surface area contributed by atoms with Crippen molar-refractivity contribution in [2.45, 2.75) is 6.42 Å². The van der Waals surface area contributed by atoms with Crippen LogP contribution in [0.2, 0.25) is 5.15 Å². The second-order valence-electron chi connectivity index (χ2n) is 2.54. The Labute approximate surface area is 79.2 Å². The van der Waals surface area contributed by atoms with Crippen LogP contribution in [-0.4, -0.2) is 15.0 Å². The van der Waals surface area contributed by atoms with Crippen molar-refractivity contribution in [3.05, 3.63) is 23.2 Å². The molecular weight excluding hydrogens is 188 g/mol. The molecule has 0 spiro atoms. The molecule has 0 radical (unpaired) electrons. The molecule has 64 valence electrons. The summed E-state index contributed by atoms with van der Waals surface area (Å²) >= 11 is 5.84. The van der Waals surface area contributed by atoms with Crippen LogP contribution in [0.3, 0.4) is 0 Å². The molecule has 0 saturated heterocycles. The fraction of sp³-hybridized carbons (Fsp3) is 0.125. The first kappa shape index (κ1) is 8.02. The van der Waals surface area contributed by atoms with E-state index >= 15 is 0 Å². The Bertz CT molecular complexity index is 482. The molecule has 5 heteroatoms. The molecule has 0 saturated carbocycles. The van der Waals surface area contributed by atoms with Gasteiger partial charge in [0.25, 0.3) is 0 Å². The van der Waals surface area contributed by atoms with E-state index in [1.165, 1.54) is 0 Å². The standard InChI is InChI=1S/C8H5ClN4/c9-8-7-6(11-4-12-7)3-5(13-8)1-2-10/h3-4H,1H2,(H,11,12). The average Bonchev–Trinajstić information content (AvgIpc) is 2.53. The van der Waals surface area contributed by atoms with Crippen LogP contribution < -0.4 is 0 Å². The van der Waals surface area contributed by atoms with Crippen molar-refractivity contribution in [2.75, 3.05) is 0 Å². The van der Waals surface area contributed by atoms with Crippen molar-refractivity contribution in [1.82, 2.24) is 15.0 Å². The molecule has 4 nitrogen and oxygen atoms in total. The van der Waals surface area contributed by atoms with Crippen molar-refractivity contribution in [1.29, 1.82) is 5.26 Å². The number of nitriles is 1. The number of aromatic amines is 1. The highest BCUT2D eigenvalue weighted by molar-refractivity contribution is 6.33. The molecule has 0 amide bonds. The largest absolute Gasteiger partial charge is 0.344 e. The number of pyridine rings is 1. The molecule has 0 unspecified atom stereocenters. The van der Waals surface area contributed by atoms with E-state index in [9.17, 15) is 0 Å². The Kier molecular flexibility index (Phi) is 1.87. The minimum absolute atomic E-state index is 0.259. The molecule has 0 aliphatic carbocycles. The van der Waals surface area contributed by atoms with Gasteiger partial charge in [0, 0.05) is 0 Å². The van der Waals surface area contributed by atoms with E-state index < -0.39 is 0 Å². The van der Waals surface area contributed by atoms with Gasteiger partial charge in [-0.2, -0.15) is 5.26 Å². The third-order valence-electron chi connectivity index (χ3n) is 1.68. The van der Waals surface area contributed by atoms with Crippen molar-refractivity contribution in [3.63, 3.8) is 0 Å². The zero-order chi connectivity index (χ0) is 9.26. The lowest BCUT2D eigenvalue weighted by atomic mass is 10.3. The second-order valence-corrected chi connectivity index (χ2v) is 2.90. The molecular formula is C8H5ClN4. The Balaban J connectivity index is 2.64. The van der Waals surface area contributed by atoms with Crippen LogP contribution in [0.25, 0.3) is 11.0 Å². The van der Waals surface area contributed by atoms with E-state index in [2.05, 4.69) is 15.0 Å². The van der Waals surface area contributed by atoms with Crippen LogP contribution >= 0.6 is 11.6 Å². The summed E-state index contributed by atoms with van der Waals surface area (Å²) in [7, 11) is 0. The molecule has 0 aromatic carbocycles. The second kappa shape index (κ2) is 3.04. The SMILES string of the molecule is N#CCc1cc2[nH]cnc2c(Cl)n1. The molecule has 13 heavy (non-hydrogen) atoms. The van der Waals surface area contributed by atoms with Crippen LogP contribution in [0, 0.1) is 11.3 Å². The number of hydrogen-bond acceptors (Lipinski definition) is 3. The van der Waals surface area contributed by atoms with Gasteiger partial charge in [0.15, 0.2) is 5.15 Å². The number of hydrogen-bond donors (Lipinski definition) is 1. The van der Waals surface area contributed by atoms with Gasteiger partial charge in [-0.25, -0.2) is 9.97 Å². The van der Waals surface area contributed by atoms with Gasteiger partial charge in [0.1, 0.15) is 5.52 Å². The molecule has 0 aliphatic rings. The summed E-state index contributed by atoms with van der Waals surface area (Å²) in [5, 5.41) is 8.81. The van der Waals surface area contributed by atoms with Gasteiger partial charge in [0.05, 0.1) is 30.0 Å². The topological polar surface area (TPSA) is 65.4 Å². The van der Waals surface area contributed by atoms with Crippen LogP contribution in [0.1, 0.15) is 5.69 Å². The predicted octanol–water partition coefficient (Wildman–Crippen LogP) is 1.68. The van der Waals surface area contributed by atoms with Crippen molar-refractivity contribution in [3.8, 4) is 6.07 Å². The number of fused-ring (bicyclic) bond motifs is 1. The quantitative estimate of drug-likeness (QED) is 0.699. The lowest BCUT2D eigenvalue weighted by molar-refractivity contribution is 1.13. The molecule has 0 atom stereocenters. The fourth-order valence-electron chi connectivity index (χ4n) is 1.13. The Morgan fingerprint density at radius 3 is 3.23 bits per heavy atom. The number of halogens is 1. The van der Waals surface area contributed by atoms with Gasteiger partial charge in [-0.15, -0.1) is 0 Å². The number of aromatic nitrogens is 3. The molecule has 0 bridgehead atoms. The van der Waals surface area contributed by atoms with Crippen LogP contribution in [0.5, 0.6) is 0 Å². The summed E-state index contributed by atoms with van der Waals surface area (Å²) in [6, 6.07) is 3.79. The van der Waals surface area contributed by atoms with E-state index in [4.69, 9.17) is 16.9 Å². The summed E-state index contributed by atoms with van der Waals surface area (Å²) in [5.74, 6) is 0. The lowest BCUT2D eigenvalue weighted by Gasteiger charge is -1.95. The summed E-state index contributed by atoms with van der Waals surface area (Å²) in [6.45, 7) is 0. The van der Waals surface area contributed by atoms with E-state index in [0.717, 1.165) is 5.52 Å². The van der Waals surface area contributed by atoms with Crippen LogP contribution in [0.15, 0.2) is 12.4 Å². The van der Waals surface area contributed by atoms with Crippen LogP contribution in [-0.2, 0) is 6.42 Å². The average molecular weight is 193 g/mol. The Morgan fingerprint density at radius 1 is 1.62 bits per heavy atom. The maximum absolute atomic E-state index is 8.47. The van der Waals surface area contributed by atoms with E-state index in [1.807, 2.05) is 6.07 Å². The van der Waals surface area contributed by atoms with Crippen molar-refractivity contribution < 1.29 is 0 Å². The number of rotatable bonds is 1. The monoisotopic (exact) mass is 192 g/mol. The smallest absolute Gasteiger partial charge is 0.157 e. The third kappa shape index (κ3) is 1.34. The summed E-state index contributed by atoms with van der Waals surface area (Å²) in [4.78, 5) is 10.9. The first-order valence-electron chi connectivity index (χ1n) is 3.66. The molecule has 0 aliphatic heterocycles. The van der Waals surface area contributed by atoms with Gasteiger partial charge >= 0.3 is 0 Å². The molecule has 2 heterocycles. The first-order chi connectivity index (χ1) is 6.31. The first-order valence-corrected chi connectivity index (χ1v) is 4.04. The highest BCUT2D eigenvalue weighted by Crippen LogP contribution is 2.18. The van der Waals surface area contributed by atoms with Gasteiger partial charge in [-0.1, -0.05) is 11.6 Å². The minimum atomic E-state index is 0.259. The lowest BCUT2D eigenvalue weighted by Crippen LogP contribution is -1.89. The van der Waals surface area contributed by atoms with Gasteiger partial charge in [0.2, 0.25) is 0 Å². The van der Waals surface area contributed by atoms with Gasteiger partial charge in [-0.05, 0) is 6.07 Å². The number of H-pyrrole nitrogens is 1. The van der Waals surface area contributed by atoms with E-state index in [1.54, 1.807) is 12.4 Å². The zero-order valence-electron chi connectivity index (χ0n) is 6.58. The summed E-state index contributed by atoms with van der Waals surface area (Å²) in [6.07, 6.45) is 1.81. The van der Waals surface area contributed by atoms with Crippen molar-refractivity contribution in [2.24, 2.45) is 0 Å². The highest BCUT2D eigenvalue weighted by atomic mass is 35.5. The minimum Gasteiger partial charge on any atom is -0.344 e. The summed E-state index contributed by atoms with van der Waals surface area (Å²) in [5.41, 5.74) is 2.11. The maximum atomic E-state index is 8.47. The zero-order valence-corrected chi connectivity index (χ0v) is 7.34. The Hall–Kier alpha value is -1.60. The molecule has 2 rings (SSSR count). The number of imidazole rings is 1. The highest BCUT2D eigenvalue weighted by Gasteiger charge is 2.05. The molecule has 2 aromatic rings. The molecule has 2 aromatic heterocycles. The maximum Gasteiger partial charge on any atom is 0.157 e. The van der Waals surface area contributed by atoms with Crippen molar-refractivity contribution >= 4 is 22.6 Å². The summed E-state index contributed by atoms with van der Waals surface area (Å²) < 4.78 is 0. The fourth-order valence-corrected chi connectivity index (χ4v) is 1.39. The van der Waals surface area contributed by atoms with E-state index in [0.29, 0.717) is 16.4 Å². The van der Waals surface area contributed by atoms with Gasteiger partial charge < -0.3 is 4.98 Å². The number of nitrogens with zero attached hydrogens (tertiary/aromatic N) is 3. The van der Waals surface area contributed by atoms with Gasteiger partial charge in [-0.3, -0.25) is 0 Å². The Morgan fingerprint density at radius 2 is 2.46 bits per heavy atom. The predicted molar refractivity (Wildman–Crippen MR) is 48.2 cm³/mol.